The first-order valence-electron chi connectivity index (χ1n) is 8.12. The lowest BCUT2D eigenvalue weighted by Gasteiger charge is -2.09. The van der Waals surface area contributed by atoms with E-state index in [1.54, 1.807) is 17.7 Å². The molecule has 2 aromatic carbocycles. The van der Waals surface area contributed by atoms with Crippen LogP contribution in [0.1, 0.15) is 6.92 Å². The third-order valence-corrected chi connectivity index (χ3v) is 4.77. The fraction of sp³-hybridized carbons (Fsp3) is 0.100. The zero-order valence-electron chi connectivity index (χ0n) is 13.8. The van der Waals surface area contributed by atoms with Crippen molar-refractivity contribution in [3.63, 3.8) is 0 Å². The quantitative estimate of drug-likeness (QED) is 0.518. The van der Waals surface area contributed by atoms with Crippen LogP contribution in [0.3, 0.4) is 0 Å². The molecule has 0 unspecified atom stereocenters. The second-order valence-corrected chi connectivity index (χ2v) is 6.36. The normalized spacial score (nSPS) is 10.8. The van der Waals surface area contributed by atoms with Crippen molar-refractivity contribution in [2.24, 2.45) is 0 Å². The number of hydrogen-bond acceptors (Lipinski definition) is 5. The fourth-order valence-electron chi connectivity index (χ4n) is 2.74. The van der Waals surface area contributed by atoms with Gasteiger partial charge in [-0.25, -0.2) is 9.97 Å². The molecule has 25 heavy (non-hydrogen) atoms. The summed E-state index contributed by atoms with van der Waals surface area (Å²) in [6, 6.07) is 18.2. The van der Waals surface area contributed by atoms with Crippen LogP contribution in [0, 0.1) is 0 Å². The number of anilines is 2. The highest BCUT2D eigenvalue weighted by atomic mass is 32.1. The van der Waals surface area contributed by atoms with Crippen molar-refractivity contribution in [2.75, 3.05) is 11.9 Å². The molecule has 0 fully saturated rings. The Labute approximate surface area is 150 Å². The first-order valence-corrected chi connectivity index (χ1v) is 9.00. The Hall–Kier alpha value is -2.92. The van der Waals surface area contributed by atoms with Crippen LogP contribution in [0.15, 0.2) is 66.3 Å². The van der Waals surface area contributed by atoms with Crippen molar-refractivity contribution in [1.82, 2.24) is 9.97 Å². The number of benzene rings is 2. The molecule has 2 aromatic heterocycles. The molecule has 0 saturated heterocycles. The van der Waals surface area contributed by atoms with Gasteiger partial charge in [-0.15, -0.1) is 11.3 Å². The maximum absolute atomic E-state index is 5.53. The average molecular weight is 347 g/mol. The SMILES string of the molecule is CCOc1ccc(-c2csc3ncnc(Nc4ccccc4)c23)cc1. The number of thiophene rings is 1. The molecule has 0 amide bonds. The zero-order chi connectivity index (χ0) is 17.1. The van der Waals surface area contributed by atoms with Gasteiger partial charge in [0, 0.05) is 16.6 Å². The summed E-state index contributed by atoms with van der Waals surface area (Å²) in [6.45, 7) is 2.65. The van der Waals surface area contributed by atoms with Gasteiger partial charge in [0.05, 0.1) is 12.0 Å². The predicted molar refractivity (Wildman–Crippen MR) is 104 cm³/mol. The van der Waals surface area contributed by atoms with Crippen molar-refractivity contribution in [3.05, 3.63) is 66.3 Å². The third-order valence-electron chi connectivity index (χ3n) is 3.88. The lowest BCUT2D eigenvalue weighted by molar-refractivity contribution is 0.340. The Bertz CT molecular complexity index is 981. The Balaban J connectivity index is 1.77. The second-order valence-electron chi connectivity index (χ2n) is 5.50. The fourth-order valence-corrected chi connectivity index (χ4v) is 3.65. The van der Waals surface area contributed by atoms with Gasteiger partial charge in [-0.05, 0) is 36.8 Å². The van der Waals surface area contributed by atoms with Crippen molar-refractivity contribution in [2.45, 2.75) is 6.92 Å². The average Bonchev–Trinajstić information content (AvgIpc) is 3.09. The van der Waals surface area contributed by atoms with E-state index in [0.29, 0.717) is 6.61 Å². The molecule has 2 heterocycles. The van der Waals surface area contributed by atoms with Gasteiger partial charge in [0.25, 0.3) is 0 Å². The van der Waals surface area contributed by atoms with Gasteiger partial charge in [0.2, 0.25) is 0 Å². The molecule has 4 nitrogen and oxygen atoms in total. The number of para-hydroxylation sites is 1. The molecule has 4 aromatic rings. The number of nitrogens with one attached hydrogen (secondary N) is 1. The van der Waals surface area contributed by atoms with E-state index in [2.05, 4.69) is 32.8 Å². The summed E-state index contributed by atoms with van der Waals surface area (Å²) in [4.78, 5) is 9.86. The number of rotatable bonds is 5. The standard InChI is InChI=1S/C20H17N3OS/c1-2-24-16-10-8-14(9-11-16)17-12-25-20-18(17)19(21-13-22-20)23-15-6-4-3-5-7-15/h3-13H,2H2,1H3,(H,21,22,23). The highest BCUT2D eigenvalue weighted by Gasteiger charge is 2.13. The molecule has 0 aliphatic carbocycles. The highest BCUT2D eigenvalue weighted by Crippen LogP contribution is 2.37. The minimum Gasteiger partial charge on any atom is -0.494 e. The minimum absolute atomic E-state index is 0.666. The molecule has 0 atom stereocenters. The molecule has 0 bridgehead atoms. The van der Waals surface area contributed by atoms with Crippen LogP contribution in [0.5, 0.6) is 5.75 Å². The number of nitrogens with zero attached hydrogens (tertiary/aromatic N) is 2. The van der Waals surface area contributed by atoms with Crippen LogP contribution < -0.4 is 10.1 Å². The van der Waals surface area contributed by atoms with Crippen molar-refractivity contribution >= 4 is 33.1 Å². The van der Waals surface area contributed by atoms with Gasteiger partial charge in [0.1, 0.15) is 22.7 Å². The smallest absolute Gasteiger partial charge is 0.143 e. The number of fused-ring (bicyclic) bond motifs is 1. The third kappa shape index (κ3) is 3.19. The maximum Gasteiger partial charge on any atom is 0.143 e. The topological polar surface area (TPSA) is 47.0 Å². The molecular weight excluding hydrogens is 330 g/mol. The second kappa shape index (κ2) is 6.91. The Morgan fingerprint density at radius 1 is 1.00 bits per heavy atom. The molecular formula is C20H17N3OS. The molecule has 0 aliphatic heterocycles. The van der Waals surface area contributed by atoms with Gasteiger partial charge in [-0.1, -0.05) is 30.3 Å². The van der Waals surface area contributed by atoms with Crippen LogP contribution in [0.4, 0.5) is 11.5 Å². The number of ether oxygens (including phenoxy) is 1. The Kier molecular flexibility index (Phi) is 4.31. The summed E-state index contributed by atoms with van der Waals surface area (Å²) in [6.07, 6.45) is 1.60. The first-order chi connectivity index (χ1) is 12.3. The van der Waals surface area contributed by atoms with E-state index in [4.69, 9.17) is 4.74 Å². The van der Waals surface area contributed by atoms with Crippen molar-refractivity contribution in [1.29, 1.82) is 0 Å². The largest absolute Gasteiger partial charge is 0.494 e. The summed E-state index contributed by atoms with van der Waals surface area (Å²) >= 11 is 1.63. The lowest BCUT2D eigenvalue weighted by Crippen LogP contribution is -1.95. The van der Waals surface area contributed by atoms with Crippen LogP contribution in [0.25, 0.3) is 21.3 Å². The molecule has 0 radical (unpaired) electrons. The summed E-state index contributed by atoms with van der Waals surface area (Å²) in [7, 11) is 0. The molecule has 1 N–H and O–H groups in total. The van der Waals surface area contributed by atoms with Crippen molar-refractivity contribution in [3.8, 4) is 16.9 Å². The molecule has 4 rings (SSSR count). The van der Waals surface area contributed by atoms with E-state index < -0.39 is 0 Å². The van der Waals surface area contributed by atoms with E-state index in [1.165, 1.54) is 0 Å². The summed E-state index contributed by atoms with van der Waals surface area (Å²) < 4.78 is 5.53. The molecule has 0 spiro atoms. The minimum atomic E-state index is 0.666. The highest BCUT2D eigenvalue weighted by molar-refractivity contribution is 7.17. The van der Waals surface area contributed by atoms with E-state index in [-0.39, 0.29) is 0 Å². The van der Waals surface area contributed by atoms with Gasteiger partial charge < -0.3 is 10.1 Å². The van der Waals surface area contributed by atoms with Crippen LogP contribution in [-0.2, 0) is 0 Å². The molecule has 124 valence electrons. The van der Waals surface area contributed by atoms with Gasteiger partial charge in [-0.3, -0.25) is 0 Å². The van der Waals surface area contributed by atoms with Gasteiger partial charge in [-0.2, -0.15) is 0 Å². The van der Waals surface area contributed by atoms with Crippen molar-refractivity contribution < 1.29 is 4.74 Å². The van der Waals surface area contributed by atoms with E-state index in [9.17, 15) is 0 Å². The summed E-state index contributed by atoms with van der Waals surface area (Å²) in [5.41, 5.74) is 3.26. The van der Waals surface area contributed by atoms with Gasteiger partial charge in [0.15, 0.2) is 0 Å². The molecule has 0 aliphatic rings. The van der Waals surface area contributed by atoms with E-state index in [0.717, 1.165) is 38.6 Å². The molecule has 0 saturated carbocycles. The molecule has 5 heteroatoms. The predicted octanol–water partition coefficient (Wildman–Crippen LogP) is 5.50. The Morgan fingerprint density at radius 2 is 1.80 bits per heavy atom. The van der Waals surface area contributed by atoms with Crippen LogP contribution in [-0.4, -0.2) is 16.6 Å². The lowest BCUT2D eigenvalue weighted by atomic mass is 10.1. The number of aromatic nitrogens is 2. The first kappa shape index (κ1) is 15.6. The van der Waals surface area contributed by atoms with Crippen LogP contribution >= 0.6 is 11.3 Å². The summed E-state index contributed by atoms with van der Waals surface area (Å²) in [5.74, 6) is 1.70. The van der Waals surface area contributed by atoms with E-state index in [1.807, 2.05) is 49.4 Å². The Morgan fingerprint density at radius 3 is 2.56 bits per heavy atom. The summed E-state index contributed by atoms with van der Waals surface area (Å²) in [5, 5.41) is 6.58. The number of hydrogen-bond donors (Lipinski definition) is 1. The monoisotopic (exact) mass is 347 g/mol. The maximum atomic E-state index is 5.53. The van der Waals surface area contributed by atoms with E-state index >= 15 is 0 Å². The van der Waals surface area contributed by atoms with Gasteiger partial charge >= 0.3 is 0 Å². The van der Waals surface area contributed by atoms with Crippen LogP contribution in [0.2, 0.25) is 0 Å². The zero-order valence-corrected chi connectivity index (χ0v) is 14.6.